The molecular formula is C6H4BrClO2S2. The first kappa shape index (κ1) is 10.4. The van der Waals surface area contributed by atoms with Crippen LogP contribution < -0.4 is 0 Å². The minimum atomic E-state index is -3.69. The Balaban J connectivity index is 3.43. The third-order valence-electron chi connectivity index (χ3n) is 1.18. The highest BCUT2D eigenvalue weighted by Gasteiger charge is 2.13. The molecule has 0 N–H and O–H groups in total. The first-order valence-electron chi connectivity index (χ1n) is 2.84. The summed E-state index contributed by atoms with van der Waals surface area (Å²) < 4.78 is 22.5. The molecule has 0 unspecified atom stereocenters. The fourth-order valence-electron chi connectivity index (χ4n) is 0.683. The molecule has 1 rings (SSSR count). The SMILES string of the molecule is O=S(=O)(Cl)c1cc(Br)ccc1S. The van der Waals surface area contributed by atoms with Gasteiger partial charge < -0.3 is 0 Å². The van der Waals surface area contributed by atoms with Crippen LogP contribution >= 0.6 is 39.2 Å². The lowest BCUT2D eigenvalue weighted by Crippen LogP contribution is -1.91. The Morgan fingerprint density at radius 2 is 2.00 bits per heavy atom. The zero-order valence-electron chi connectivity index (χ0n) is 5.66. The van der Waals surface area contributed by atoms with Crippen molar-refractivity contribution in [3.63, 3.8) is 0 Å². The van der Waals surface area contributed by atoms with Crippen molar-refractivity contribution in [3.05, 3.63) is 22.7 Å². The maximum atomic E-state index is 10.9. The summed E-state index contributed by atoms with van der Waals surface area (Å²) in [6.45, 7) is 0. The van der Waals surface area contributed by atoms with Crippen LogP contribution in [0, 0.1) is 0 Å². The average molecular weight is 288 g/mol. The molecule has 1 aromatic carbocycles. The molecule has 0 aliphatic carbocycles. The molecule has 0 radical (unpaired) electrons. The Morgan fingerprint density at radius 3 is 2.42 bits per heavy atom. The van der Waals surface area contributed by atoms with E-state index in [0.717, 1.165) is 0 Å². The molecule has 6 heteroatoms. The van der Waals surface area contributed by atoms with Gasteiger partial charge in [0.15, 0.2) is 0 Å². The van der Waals surface area contributed by atoms with E-state index in [0.29, 0.717) is 9.37 Å². The van der Waals surface area contributed by atoms with Gasteiger partial charge in [-0.15, -0.1) is 12.6 Å². The maximum absolute atomic E-state index is 10.9. The minimum Gasteiger partial charge on any atom is -0.207 e. The Hall–Kier alpha value is 0.290. The van der Waals surface area contributed by atoms with E-state index in [1.54, 1.807) is 12.1 Å². The molecule has 12 heavy (non-hydrogen) atoms. The van der Waals surface area contributed by atoms with Crippen molar-refractivity contribution in [2.24, 2.45) is 0 Å². The molecule has 0 saturated heterocycles. The van der Waals surface area contributed by atoms with Crippen molar-refractivity contribution < 1.29 is 8.42 Å². The standard InChI is InChI=1S/C6H4BrClO2S2/c7-4-1-2-5(11)6(3-4)12(8,9)10/h1-3,11H. The zero-order chi connectivity index (χ0) is 9.35. The Kier molecular flexibility index (Phi) is 3.09. The van der Waals surface area contributed by atoms with E-state index in [1.807, 2.05) is 0 Å². The lowest BCUT2D eigenvalue weighted by Gasteiger charge is -2.00. The molecule has 1 aromatic rings. The summed E-state index contributed by atoms with van der Waals surface area (Å²) in [5.74, 6) is 0. The third kappa shape index (κ3) is 2.39. The molecule has 66 valence electrons. The number of benzene rings is 1. The lowest BCUT2D eigenvalue weighted by molar-refractivity contribution is 0.607. The summed E-state index contributed by atoms with van der Waals surface area (Å²) in [6.07, 6.45) is 0. The molecule has 0 aliphatic rings. The number of hydrogen-bond donors (Lipinski definition) is 1. The van der Waals surface area contributed by atoms with Crippen molar-refractivity contribution >= 4 is 48.3 Å². The number of hydrogen-bond acceptors (Lipinski definition) is 3. The molecule has 0 aliphatic heterocycles. The summed E-state index contributed by atoms with van der Waals surface area (Å²) in [5.41, 5.74) is 0. The quantitative estimate of drug-likeness (QED) is 0.636. The average Bonchev–Trinajstić information content (AvgIpc) is 1.92. The summed E-state index contributed by atoms with van der Waals surface area (Å²) in [4.78, 5) is 0.357. The van der Waals surface area contributed by atoms with Gasteiger partial charge in [-0.05, 0) is 18.2 Å². The van der Waals surface area contributed by atoms with Crippen LogP contribution in [0.2, 0.25) is 0 Å². The van der Waals surface area contributed by atoms with Gasteiger partial charge in [0.25, 0.3) is 9.05 Å². The van der Waals surface area contributed by atoms with Crippen LogP contribution in [0.25, 0.3) is 0 Å². The van der Waals surface area contributed by atoms with Crippen LogP contribution in [-0.2, 0) is 9.05 Å². The molecule has 0 saturated carbocycles. The summed E-state index contributed by atoms with van der Waals surface area (Å²) in [7, 11) is 1.45. The van der Waals surface area contributed by atoms with Crippen LogP contribution in [-0.4, -0.2) is 8.42 Å². The van der Waals surface area contributed by atoms with Gasteiger partial charge in [0, 0.05) is 20.1 Å². The predicted octanol–water partition coefficient (Wildman–Crippen LogP) is 2.67. The van der Waals surface area contributed by atoms with Crippen LogP contribution in [0.5, 0.6) is 0 Å². The van der Waals surface area contributed by atoms with E-state index < -0.39 is 9.05 Å². The smallest absolute Gasteiger partial charge is 0.207 e. The van der Waals surface area contributed by atoms with Gasteiger partial charge >= 0.3 is 0 Å². The monoisotopic (exact) mass is 286 g/mol. The van der Waals surface area contributed by atoms with Gasteiger partial charge in [-0.3, -0.25) is 0 Å². The van der Waals surface area contributed by atoms with Crippen LogP contribution in [0.4, 0.5) is 0 Å². The predicted molar refractivity (Wildman–Crippen MR) is 54.4 cm³/mol. The van der Waals surface area contributed by atoms with Crippen LogP contribution in [0.3, 0.4) is 0 Å². The molecule has 0 aromatic heterocycles. The van der Waals surface area contributed by atoms with Crippen molar-refractivity contribution in [1.82, 2.24) is 0 Å². The van der Waals surface area contributed by atoms with Crippen molar-refractivity contribution in [2.45, 2.75) is 9.79 Å². The Labute approximate surface area is 88.9 Å². The summed E-state index contributed by atoms with van der Waals surface area (Å²) in [6, 6.07) is 4.65. The minimum absolute atomic E-state index is 0.0156. The maximum Gasteiger partial charge on any atom is 0.262 e. The molecule has 0 spiro atoms. The molecule has 0 heterocycles. The second-order valence-corrected chi connectivity index (χ2v) is 5.98. The highest BCUT2D eigenvalue weighted by Crippen LogP contribution is 2.26. The van der Waals surface area contributed by atoms with Crippen LogP contribution in [0.1, 0.15) is 0 Å². The Bertz CT molecular complexity index is 402. The van der Waals surface area contributed by atoms with Crippen molar-refractivity contribution in [2.75, 3.05) is 0 Å². The normalized spacial score (nSPS) is 11.6. The number of halogens is 2. The van der Waals surface area contributed by atoms with E-state index in [-0.39, 0.29) is 4.90 Å². The Morgan fingerprint density at radius 1 is 1.42 bits per heavy atom. The third-order valence-corrected chi connectivity index (χ3v) is 3.58. The molecular weight excluding hydrogens is 284 g/mol. The number of rotatable bonds is 1. The topological polar surface area (TPSA) is 34.1 Å². The lowest BCUT2D eigenvalue weighted by atomic mass is 10.4. The van der Waals surface area contributed by atoms with Crippen molar-refractivity contribution in [3.8, 4) is 0 Å². The second kappa shape index (κ2) is 3.57. The molecule has 0 atom stereocenters. The molecule has 0 fully saturated rings. The summed E-state index contributed by atoms with van der Waals surface area (Å²) >= 11 is 7.09. The van der Waals surface area contributed by atoms with Gasteiger partial charge in [-0.1, -0.05) is 15.9 Å². The second-order valence-electron chi connectivity index (χ2n) is 2.05. The fraction of sp³-hybridized carbons (Fsp3) is 0. The number of thiol groups is 1. The van der Waals surface area contributed by atoms with Gasteiger partial charge in [-0.25, -0.2) is 8.42 Å². The van der Waals surface area contributed by atoms with Gasteiger partial charge in [0.1, 0.15) is 0 Å². The molecule has 0 bridgehead atoms. The van der Waals surface area contributed by atoms with Gasteiger partial charge in [-0.2, -0.15) is 0 Å². The first-order valence-corrected chi connectivity index (χ1v) is 6.39. The van der Waals surface area contributed by atoms with E-state index in [1.165, 1.54) is 6.07 Å². The molecule has 0 amide bonds. The van der Waals surface area contributed by atoms with Crippen LogP contribution in [0.15, 0.2) is 32.5 Å². The van der Waals surface area contributed by atoms with E-state index >= 15 is 0 Å². The fourth-order valence-corrected chi connectivity index (χ4v) is 2.83. The first-order chi connectivity index (χ1) is 5.41. The van der Waals surface area contributed by atoms with E-state index in [4.69, 9.17) is 10.7 Å². The van der Waals surface area contributed by atoms with Crippen molar-refractivity contribution in [1.29, 1.82) is 0 Å². The van der Waals surface area contributed by atoms with Gasteiger partial charge in [0.2, 0.25) is 0 Å². The zero-order valence-corrected chi connectivity index (χ0v) is 9.71. The summed E-state index contributed by atoms with van der Waals surface area (Å²) in [5, 5.41) is 0. The largest absolute Gasteiger partial charge is 0.262 e. The highest BCUT2D eigenvalue weighted by atomic mass is 79.9. The van der Waals surface area contributed by atoms with E-state index in [9.17, 15) is 8.42 Å². The molecule has 2 nitrogen and oxygen atoms in total. The highest BCUT2D eigenvalue weighted by molar-refractivity contribution is 9.10. The van der Waals surface area contributed by atoms with Gasteiger partial charge in [0.05, 0.1) is 4.90 Å². The van der Waals surface area contributed by atoms with E-state index in [2.05, 4.69) is 28.6 Å².